The standard InChI is InChI=1S/C12H10F2N2O/c1-17-8-5-9(13)12(10(14)6-8)11-4-7(15)2-3-16-11/h2-6H,1H3,(H2,15,16). The Morgan fingerprint density at radius 3 is 2.35 bits per heavy atom. The lowest BCUT2D eigenvalue weighted by Gasteiger charge is -2.07. The van der Waals surface area contributed by atoms with Crippen LogP contribution < -0.4 is 10.5 Å². The van der Waals surface area contributed by atoms with Crippen LogP contribution in [0.1, 0.15) is 0 Å². The highest BCUT2D eigenvalue weighted by molar-refractivity contribution is 5.65. The van der Waals surface area contributed by atoms with Gasteiger partial charge in [0.2, 0.25) is 0 Å². The van der Waals surface area contributed by atoms with Crippen LogP contribution in [-0.2, 0) is 0 Å². The van der Waals surface area contributed by atoms with E-state index < -0.39 is 11.6 Å². The molecule has 5 heteroatoms. The highest BCUT2D eigenvalue weighted by atomic mass is 19.1. The van der Waals surface area contributed by atoms with E-state index in [0.717, 1.165) is 12.1 Å². The zero-order valence-electron chi connectivity index (χ0n) is 9.08. The Hall–Kier alpha value is -2.17. The number of methoxy groups -OCH3 is 1. The normalized spacial score (nSPS) is 10.3. The van der Waals surface area contributed by atoms with E-state index in [9.17, 15) is 8.78 Å². The summed E-state index contributed by atoms with van der Waals surface area (Å²) in [5, 5.41) is 0. The Morgan fingerprint density at radius 1 is 1.18 bits per heavy atom. The number of aromatic nitrogens is 1. The molecule has 2 N–H and O–H groups in total. The van der Waals surface area contributed by atoms with Crippen LogP contribution in [0.2, 0.25) is 0 Å². The van der Waals surface area contributed by atoms with E-state index in [2.05, 4.69) is 4.98 Å². The summed E-state index contributed by atoms with van der Waals surface area (Å²) in [6.07, 6.45) is 1.40. The maximum Gasteiger partial charge on any atom is 0.139 e. The zero-order valence-corrected chi connectivity index (χ0v) is 9.08. The summed E-state index contributed by atoms with van der Waals surface area (Å²) in [7, 11) is 1.34. The van der Waals surface area contributed by atoms with Gasteiger partial charge in [0.15, 0.2) is 0 Å². The maximum atomic E-state index is 13.7. The number of rotatable bonds is 2. The van der Waals surface area contributed by atoms with Crippen molar-refractivity contribution in [2.24, 2.45) is 0 Å². The number of nitrogen functional groups attached to an aromatic ring is 1. The molecule has 1 heterocycles. The summed E-state index contributed by atoms with van der Waals surface area (Å²) in [6, 6.07) is 5.16. The Labute approximate surface area is 96.9 Å². The molecule has 1 aromatic heterocycles. The summed E-state index contributed by atoms with van der Waals surface area (Å²) in [5.41, 5.74) is 5.88. The smallest absolute Gasteiger partial charge is 0.139 e. The van der Waals surface area contributed by atoms with Gasteiger partial charge in [-0.25, -0.2) is 8.78 Å². The van der Waals surface area contributed by atoms with Crippen LogP contribution in [-0.4, -0.2) is 12.1 Å². The second-order valence-electron chi connectivity index (χ2n) is 3.44. The maximum absolute atomic E-state index is 13.7. The quantitative estimate of drug-likeness (QED) is 0.871. The molecule has 0 aliphatic rings. The molecule has 0 bridgehead atoms. The third-order valence-electron chi connectivity index (χ3n) is 2.29. The largest absolute Gasteiger partial charge is 0.497 e. The monoisotopic (exact) mass is 236 g/mol. The Morgan fingerprint density at radius 2 is 1.82 bits per heavy atom. The van der Waals surface area contributed by atoms with Gasteiger partial charge in [-0.05, 0) is 12.1 Å². The summed E-state index contributed by atoms with van der Waals surface area (Å²) >= 11 is 0. The first-order chi connectivity index (χ1) is 8.11. The number of hydrogen-bond donors (Lipinski definition) is 1. The lowest BCUT2D eigenvalue weighted by Crippen LogP contribution is -1.96. The molecule has 0 amide bonds. The molecule has 0 saturated heterocycles. The predicted octanol–water partition coefficient (Wildman–Crippen LogP) is 2.62. The molecule has 0 aliphatic carbocycles. The first-order valence-corrected chi connectivity index (χ1v) is 4.86. The number of nitrogens with two attached hydrogens (primary N) is 1. The molecule has 0 fully saturated rings. The van der Waals surface area contributed by atoms with Gasteiger partial charge in [-0.1, -0.05) is 0 Å². The molecule has 1 aromatic carbocycles. The van der Waals surface area contributed by atoms with Crippen molar-refractivity contribution >= 4 is 5.69 Å². The van der Waals surface area contributed by atoms with E-state index in [-0.39, 0.29) is 17.0 Å². The summed E-state index contributed by atoms with van der Waals surface area (Å²) in [5.74, 6) is -1.35. The summed E-state index contributed by atoms with van der Waals surface area (Å²) in [4.78, 5) is 3.89. The fraction of sp³-hybridized carbons (Fsp3) is 0.0833. The Balaban J connectivity index is 2.60. The lowest BCUT2D eigenvalue weighted by atomic mass is 10.1. The number of hydrogen-bond acceptors (Lipinski definition) is 3. The number of ether oxygens (including phenoxy) is 1. The molecule has 0 unspecified atom stereocenters. The SMILES string of the molecule is COc1cc(F)c(-c2cc(N)ccn2)c(F)c1. The van der Waals surface area contributed by atoms with Crippen LogP contribution in [0.15, 0.2) is 30.5 Å². The van der Waals surface area contributed by atoms with E-state index in [0.29, 0.717) is 5.69 Å². The predicted molar refractivity (Wildman–Crippen MR) is 60.6 cm³/mol. The Bertz CT molecular complexity index is 535. The first-order valence-electron chi connectivity index (χ1n) is 4.86. The molecular formula is C12H10F2N2O. The van der Waals surface area contributed by atoms with Crippen molar-refractivity contribution in [1.29, 1.82) is 0 Å². The third kappa shape index (κ3) is 2.18. The molecule has 3 nitrogen and oxygen atoms in total. The number of halogens is 2. The average Bonchev–Trinajstić information content (AvgIpc) is 2.28. The molecule has 88 valence electrons. The average molecular weight is 236 g/mol. The fourth-order valence-electron chi connectivity index (χ4n) is 1.50. The van der Waals surface area contributed by atoms with Crippen molar-refractivity contribution in [3.8, 4) is 17.0 Å². The van der Waals surface area contributed by atoms with Crippen molar-refractivity contribution in [2.75, 3.05) is 12.8 Å². The first kappa shape index (κ1) is 11.3. The number of benzene rings is 1. The van der Waals surface area contributed by atoms with Crippen molar-refractivity contribution < 1.29 is 13.5 Å². The van der Waals surface area contributed by atoms with Crippen LogP contribution in [0.5, 0.6) is 5.75 Å². The zero-order chi connectivity index (χ0) is 12.4. The molecule has 0 spiro atoms. The topological polar surface area (TPSA) is 48.1 Å². The van der Waals surface area contributed by atoms with Crippen molar-refractivity contribution in [3.63, 3.8) is 0 Å². The number of anilines is 1. The van der Waals surface area contributed by atoms with E-state index >= 15 is 0 Å². The third-order valence-corrected chi connectivity index (χ3v) is 2.29. The van der Waals surface area contributed by atoms with Crippen molar-refractivity contribution in [1.82, 2.24) is 4.98 Å². The van der Waals surface area contributed by atoms with Crippen LogP contribution in [0.3, 0.4) is 0 Å². The summed E-state index contributed by atoms with van der Waals surface area (Å²) in [6.45, 7) is 0. The van der Waals surface area contributed by atoms with Gasteiger partial charge in [0, 0.05) is 24.0 Å². The number of nitrogens with zero attached hydrogens (tertiary/aromatic N) is 1. The highest BCUT2D eigenvalue weighted by Crippen LogP contribution is 2.29. The highest BCUT2D eigenvalue weighted by Gasteiger charge is 2.14. The van der Waals surface area contributed by atoms with E-state index in [4.69, 9.17) is 10.5 Å². The lowest BCUT2D eigenvalue weighted by molar-refractivity contribution is 0.407. The van der Waals surface area contributed by atoms with Gasteiger partial charge in [0.25, 0.3) is 0 Å². The summed E-state index contributed by atoms with van der Waals surface area (Å²) < 4.78 is 32.2. The molecule has 2 rings (SSSR count). The van der Waals surface area contributed by atoms with Gasteiger partial charge in [-0.2, -0.15) is 0 Å². The molecule has 0 aliphatic heterocycles. The molecule has 2 aromatic rings. The molecule has 0 saturated carbocycles. The van der Waals surface area contributed by atoms with E-state index in [1.54, 1.807) is 6.07 Å². The van der Waals surface area contributed by atoms with E-state index in [1.807, 2.05) is 0 Å². The minimum atomic E-state index is -0.736. The minimum absolute atomic E-state index is 0.118. The van der Waals surface area contributed by atoms with Crippen LogP contribution in [0, 0.1) is 11.6 Å². The van der Waals surface area contributed by atoms with Gasteiger partial charge in [-0.3, -0.25) is 4.98 Å². The molecular weight excluding hydrogens is 226 g/mol. The number of pyridine rings is 1. The van der Waals surface area contributed by atoms with Crippen LogP contribution in [0.25, 0.3) is 11.3 Å². The van der Waals surface area contributed by atoms with Gasteiger partial charge in [0.05, 0.1) is 18.4 Å². The van der Waals surface area contributed by atoms with Crippen LogP contribution >= 0.6 is 0 Å². The Kier molecular flexibility index (Phi) is 2.91. The van der Waals surface area contributed by atoms with Crippen LogP contribution in [0.4, 0.5) is 14.5 Å². The van der Waals surface area contributed by atoms with Gasteiger partial charge >= 0.3 is 0 Å². The van der Waals surface area contributed by atoms with Gasteiger partial charge < -0.3 is 10.5 Å². The van der Waals surface area contributed by atoms with Gasteiger partial charge in [-0.15, -0.1) is 0 Å². The van der Waals surface area contributed by atoms with Crippen molar-refractivity contribution in [3.05, 3.63) is 42.1 Å². The van der Waals surface area contributed by atoms with E-state index in [1.165, 1.54) is 19.4 Å². The molecule has 0 atom stereocenters. The molecule has 17 heavy (non-hydrogen) atoms. The van der Waals surface area contributed by atoms with Gasteiger partial charge in [0.1, 0.15) is 17.4 Å². The van der Waals surface area contributed by atoms with Crippen molar-refractivity contribution in [2.45, 2.75) is 0 Å². The second kappa shape index (κ2) is 4.37. The second-order valence-corrected chi connectivity index (χ2v) is 3.44. The minimum Gasteiger partial charge on any atom is -0.497 e. The molecule has 0 radical (unpaired) electrons. The fourth-order valence-corrected chi connectivity index (χ4v) is 1.50.